The topological polar surface area (TPSA) is 89.5 Å². The van der Waals surface area contributed by atoms with Crippen molar-refractivity contribution in [2.24, 2.45) is 0 Å². The molecule has 1 heterocycles. The number of methoxy groups -OCH3 is 2. The summed E-state index contributed by atoms with van der Waals surface area (Å²) in [6, 6.07) is 24.8. The highest BCUT2D eigenvalue weighted by molar-refractivity contribution is 5.71. The maximum Gasteiger partial charge on any atom is 0.343 e. The fourth-order valence-electron chi connectivity index (χ4n) is 6.92. The van der Waals surface area contributed by atoms with E-state index in [1.54, 1.807) is 0 Å². The van der Waals surface area contributed by atoms with Gasteiger partial charge in [0, 0.05) is 25.7 Å². The number of allylic oxidation sites excluding steroid dienone is 2. The van der Waals surface area contributed by atoms with Crippen LogP contribution in [0, 0.1) is 0 Å². The molecular weight excluding hydrogens is 656 g/mol. The molecule has 0 spiro atoms. The van der Waals surface area contributed by atoms with E-state index < -0.39 is 11.9 Å². The summed E-state index contributed by atoms with van der Waals surface area (Å²) < 4.78 is 35.9. The molecule has 6 rings (SSSR count). The van der Waals surface area contributed by atoms with Gasteiger partial charge in [0.05, 0.1) is 27.4 Å². The molecule has 0 unspecified atom stereocenters. The summed E-state index contributed by atoms with van der Waals surface area (Å²) in [4.78, 5) is 24.7. The summed E-state index contributed by atoms with van der Waals surface area (Å²) in [6.45, 7) is 0.739. The standard InChI is InChI=1S/C44H48O8/c1-47-39(45)29-51-43-35-19-13-20-36(43)26-32-16-12-18-34-28-38-22-14-21-37(44(38)52-30-40(46)48-2)27-33-17-11-15-31(25-35)41(33)49-23-9-7-5-3-4-6-8-10-24-50-42(32)34/h3-4,11-22H,5-10,23-30H2,1-2H3/b4-3-. The van der Waals surface area contributed by atoms with Crippen LogP contribution in [-0.2, 0) is 44.7 Å². The summed E-state index contributed by atoms with van der Waals surface area (Å²) in [5.41, 5.74) is 7.79. The molecule has 4 aromatic carbocycles. The monoisotopic (exact) mass is 704 g/mol. The van der Waals surface area contributed by atoms with E-state index in [9.17, 15) is 9.59 Å². The van der Waals surface area contributed by atoms with Crippen molar-refractivity contribution in [2.75, 3.05) is 40.6 Å². The lowest BCUT2D eigenvalue weighted by atomic mass is 9.91. The van der Waals surface area contributed by atoms with Crippen LogP contribution >= 0.6 is 0 Å². The average molecular weight is 705 g/mol. The van der Waals surface area contributed by atoms with Gasteiger partial charge in [0.1, 0.15) is 23.0 Å². The van der Waals surface area contributed by atoms with E-state index in [0.29, 0.717) is 50.4 Å². The Balaban J connectivity index is 1.56. The smallest absolute Gasteiger partial charge is 0.343 e. The second-order valence-electron chi connectivity index (χ2n) is 13.2. The highest BCUT2D eigenvalue weighted by Crippen LogP contribution is 2.39. The van der Waals surface area contributed by atoms with Gasteiger partial charge in [-0.25, -0.2) is 9.59 Å². The van der Waals surface area contributed by atoms with Gasteiger partial charge < -0.3 is 28.4 Å². The van der Waals surface area contributed by atoms with Crippen LogP contribution in [0.5, 0.6) is 23.0 Å². The third kappa shape index (κ3) is 9.35. The van der Waals surface area contributed by atoms with E-state index in [-0.39, 0.29) is 13.2 Å². The van der Waals surface area contributed by atoms with Crippen molar-refractivity contribution in [1.82, 2.24) is 0 Å². The van der Waals surface area contributed by atoms with E-state index in [1.165, 1.54) is 14.2 Å². The van der Waals surface area contributed by atoms with Gasteiger partial charge in [0.15, 0.2) is 13.2 Å². The fraction of sp³-hybridized carbons (Fsp3) is 0.364. The molecule has 0 saturated heterocycles. The summed E-state index contributed by atoms with van der Waals surface area (Å²) in [5, 5.41) is 0. The molecule has 272 valence electrons. The Kier molecular flexibility index (Phi) is 12.9. The zero-order chi connectivity index (χ0) is 36.1. The Morgan fingerprint density at radius 1 is 0.500 bits per heavy atom. The van der Waals surface area contributed by atoms with E-state index in [2.05, 4.69) is 48.6 Å². The zero-order valence-corrected chi connectivity index (χ0v) is 30.2. The fourth-order valence-corrected chi connectivity index (χ4v) is 6.92. The van der Waals surface area contributed by atoms with Gasteiger partial charge in [-0.3, -0.25) is 0 Å². The molecule has 0 saturated carbocycles. The number of para-hydroxylation sites is 4. The van der Waals surface area contributed by atoms with E-state index in [4.69, 9.17) is 28.4 Å². The van der Waals surface area contributed by atoms with Gasteiger partial charge >= 0.3 is 11.9 Å². The average Bonchev–Trinajstić information content (AvgIpc) is 3.15. The van der Waals surface area contributed by atoms with Gasteiger partial charge in [-0.1, -0.05) is 84.9 Å². The molecule has 0 radical (unpaired) electrons. The van der Waals surface area contributed by atoms with Crippen LogP contribution in [-0.4, -0.2) is 52.6 Å². The minimum Gasteiger partial charge on any atom is -0.493 e. The molecule has 8 heteroatoms. The summed E-state index contributed by atoms with van der Waals surface area (Å²) >= 11 is 0. The van der Waals surface area contributed by atoms with E-state index in [0.717, 1.165) is 94.5 Å². The van der Waals surface area contributed by atoms with E-state index in [1.807, 2.05) is 36.4 Å². The molecule has 8 nitrogen and oxygen atoms in total. The Labute approximate surface area is 306 Å². The van der Waals surface area contributed by atoms with Crippen molar-refractivity contribution < 1.29 is 38.0 Å². The maximum atomic E-state index is 12.4. The van der Waals surface area contributed by atoms with Crippen LogP contribution in [0.1, 0.15) is 83.0 Å². The number of benzene rings is 4. The van der Waals surface area contributed by atoms with Crippen molar-refractivity contribution in [3.63, 3.8) is 0 Å². The van der Waals surface area contributed by atoms with Crippen LogP contribution in [0.2, 0.25) is 0 Å². The van der Waals surface area contributed by atoms with Gasteiger partial charge in [0.25, 0.3) is 0 Å². The lowest BCUT2D eigenvalue weighted by molar-refractivity contribution is -0.143. The Morgan fingerprint density at radius 2 is 0.827 bits per heavy atom. The van der Waals surface area contributed by atoms with Gasteiger partial charge in [0.2, 0.25) is 0 Å². The van der Waals surface area contributed by atoms with Crippen molar-refractivity contribution in [2.45, 2.75) is 64.2 Å². The third-order valence-corrected chi connectivity index (χ3v) is 9.55. The minimum atomic E-state index is -0.446. The number of carbonyl (C=O) groups is 2. The summed E-state index contributed by atoms with van der Waals surface area (Å²) in [6.07, 6.45) is 12.5. The van der Waals surface area contributed by atoms with Crippen LogP contribution in [0.4, 0.5) is 0 Å². The highest BCUT2D eigenvalue weighted by atomic mass is 16.6. The molecule has 0 fully saturated rings. The number of rotatable bonds is 6. The molecule has 2 aliphatic rings. The number of carbonyl (C=O) groups excluding carboxylic acids is 2. The minimum absolute atomic E-state index is 0.204. The number of hydrogen-bond acceptors (Lipinski definition) is 8. The maximum absolute atomic E-state index is 12.4. The Hall–Kier alpha value is -5.24. The Bertz CT molecular complexity index is 1660. The second-order valence-corrected chi connectivity index (χ2v) is 13.2. The first-order chi connectivity index (χ1) is 25.5. The summed E-state index contributed by atoms with van der Waals surface area (Å²) in [7, 11) is 2.73. The molecule has 0 atom stereocenters. The molecular formula is C44H48O8. The molecule has 0 aromatic heterocycles. The number of esters is 2. The SMILES string of the molecule is COC(=O)COc1c2cccc1Cc1cccc3c1OCCCC/C=C\CCCCOc1c(cccc1Cc1cccc(c1OCC(=O)OC)C3)C2. The van der Waals surface area contributed by atoms with Crippen molar-refractivity contribution in [3.8, 4) is 23.0 Å². The molecule has 0 N–H and O–H groups in total. The quantitative estimate of drug-likeness (QED) is 0.129. The van der Waals surface area contributed by atoms with Crippen molar-refractivity contribution >= 4 is 11.9 Å². The van der Waals surface area contributed by atoms with Gasteiger partial charge in [-0.2, -0.15) is 0 Å². The first-order valence-electron chi connectivity index (χ1n) is 18.3. The third-order valence-electron chi connectivity index (χ3n) is 9.55. The van der Waals surface area contributed by atoms with Crippen molar-refractivity contribution in [3.05, 3.63) is 129 Å². The number of fused-ring (bicyclic) bond motifs is 2. The predicted octanol–water partition coefficient (Wildman–Crippen LogP) is 8.13. The second kappa shape index (κ2) is 18.3. The normalized spacial score (nSPS) is 15.3. The highest BCUT2D eigenvalue weighted by Gasteiger charge is 2.22. The lowest BCUT2D eigenvalue weighted by Crippen LogP contribution is -2.15. The zero-order valence-electron chi connectivity index (χ0n) is 30.2. The van der Waals surface area contributed by atoms with Crippen LogP contribution in [0.15, 0.2) is 84.9 Å². The van der Waals surface area contributed by atoms with Crippen LogP contribution < -0.4 is 18.9 Å². The first kappa shape index (κ1) is 36.5. The first-order valence-corrected chi connectivity index (χ1v) is 18.3. The number of ether oxygens (including phenoxy) is 6. The van der Waals surface area contributed by atoms with E-state index >= 15 is 0 Å². The molecule has 0 amide bonds. The molecule has 4 aromatic rings. The lowest BCUT2D eigenvalue weighted by Gasteiger charge is -2.22. The Morgan fingerprint density at radius 3 is 1.15 bits per heavy atom. The van der Waals surface area contributed by atoms with Crippen LogP contribution in [0.25, 0.3) is 0 Å². The molecule has 52 heavy (non-hydrogen) atoms. The van der Waals surface area contributed by atoms with Gasteiger partial charge in [-0.05, 0) is 83.0 Å². The predicted molar refractivity (Wildman–Crippen MR) is 200 cm³/mol. The molecule has 10 bridgehead atoms. The number of hydrogen-bond donors (Lipinski definition) is 0. The van der Waals surface area contributed by atoms with Gasteiger partial charge in [-0.15, -0.1) is 0 Å². The van der Waals surface area contributed by atoms with Crippen molar-refractivity contribution in [1.29, 1.82) is 0 Å². The largest absolute Gasteiger partial charge is 0.493 e. The molecule has 1 aliphatic heterocycles. The van der Waals surface area contributed by atoms with Crippen LogP contribution in [0.3, 0.4) is 0 Å². The summed E-state index contributed by atoms with van der Waals surface area (Å²) in [5.74, 6) is 2.08. The molecule has 1 aliphatic carbocycles.